The van der Waals surface area contributed by atoms with Crippen LogP contribution in [0.1, 0.15) is 32.1 Å². The lowest BCUT2D eigenvalue weighted by molar-refractivity contribution is -0.139. The molecule has 2 N–H and O–H groups in total. The van der Waals surface area contributed by atoms with E-state index in [0.717, 1.165) is 0 Å². The van der Waals surface area contributed by atoms with Gasteiger partial charge >= 0.3 is 5.97 Å². The zero-order chi connectivity index (χ0) is 20.4. The first-order valence-electron chi connectivity index (χ1n) is 8.36. The summed E-state index contributed by atoms with van der Waals surface area (Å²) in [4.78, 5) is 22.8. The Hall–Kier alpha value is -2.71. The Morgan fingerprint density at radius 2 is 1.22 bits per heavy atom. The van der Waals surface area contributed by atoms with Crippen LogP contribution in [0.4, 0.5) is 0 Å². The number of carboxylic acid groups (broad SMARTS) is 1. The quantitative estimate of drug-likeness (QED) is 0.362. The first kappa shape index (κ1) is 24.3. The van der Waals surface area contributed by atoms with E-state index in [1.54, 1.807) is 0 Å². The lowest BCUT2D eigenvalue weighted by atomic mass is 10.0. The van der Waals surface area contributed by atoms with E-state index in [1.165, 1.54) is 0 Å². The van der Waals surface area contributed by atoms with Gasteiger partial charge in [-0.3, -0.25) is 9.59 Å². The molecule has 0 unspecified atom stereocenters. The van der Waals surface area contributed by atoms with Gasteiger partial charge in [-0.15, -0.1) is 0 Å². The summed E-state index contributed by atoms with van der Waals surface area (Å²) in [7, 11) is 0. The molecule has 0 spiro atoms. The molecule has 0 aromatic carbocycles. The molecule has 1 amide bonds. The maximum Gasteiger partial charge on any atom is 0.303 e. The molecule has 148 valence electrons. The van der Waals surface area contributed by atoms with E-state index in [4.69, 9.17) is 35.1 Å². The largest absolute Gasteiger partial charge is 0.481 e. The lowest BCUT2D eigenvalue weighted by Crippen LogP contribution is -2.58. The number of carboxylic acids is 1. The van der Waals surface area contributed by atoms with Gasteiger partial charge in [0.25, 0.3) is 0 Å². The van der Waals surface area contributed by atoms with Crippen LogP contribution in [0.25, 0.3) is 0 Å². The van der Waals surface area contributed by atoms with Gasteiger partial charge in [0.2, 0.25) is 5.91 Å². The highest BCUT2D eigenvalue weighted by molar-refractivity contribution is 5.81. The topological polar surface area (TPSA) is 165 Å². The summed E-state index contributed by atoms with van der Waals surface area (Å²) in [6, 6.07) is 5.81. The predicted octanol–water partition coefficient (Wildman–Crippen LogP) is 0.497. The third-order valence-electron chi connectivity index (χ3n) is 3.18. The van der Waals surface area contributed by atoms with Gasteiger partial charge in [0.05, 0.1) is 83.5 Å². The van der Waals surface area contributed by atoms with E-state index >= 15 is 0 Å². The van der Waals surface area contributed by atoms with Gasteiger partial charge in [-0.1, -0.05) is 0 Å². The van der Waals surface area contributed by atoms with Crippen LogP contribution in [-0.4, -0.2) is 62.2 Å². The summed E-state index contributed by atoms with van der Waals surface area (Å²) in [6.07, 6.45) is -0.0810. The van der Waals surface area contributed by atoms with Crippen LogP contribution in [0.2, 0.25) is 0 Å². The molecule has 0 radical (unpaired) electrons. The first-order valence-corrected chi connectivity index (χ1v) is 8.36. The van der Waals surface area contributed by atoms with Crippen molar-refractivity contribution in [2.75, 3.05) is 39.6 Å². The minimum atomic E-state index is -1.13. The fourth-order valence-corrected chi connectivity index (χ4v) is 1.97. The molecular weight excluding hydrogens is 356 g/mol. The number of nitrogens with zero attached hydrogens (tertiary/aromatic N) is 3. The van der Waals surface area contributed by atoms with Crippen molar-refractivity contribution in [3.63, 3.8) is 0 Å². The van der Waals surface area contributed by atoms with Crippen LogP contribution >= 0.6 is 0 Å². The Morgan fingerprint density at radius 1 is 0.815 bits per heavy atom. The van der Waals surface area contributed by atoms with Crippen molar-refractivity contribution in [3.05, 3.63) is 0 Å². The smallest absolute Gasteiger partial charge is 0.303 e. The summed E-state index contributed by atoms with van der Waals surface area (Å²) in [5, 5.41) is 37.2. The molecule has 0 saturated heterocycles. The van der Waals surface area contributed by atoms with Gasteiger partial charge in [0.15, 0.2) is 0 Å². The molecule has 10 nitrogen and oxygen atoms in total. The Balaban J connectivity index is 5.05. The molecule has 10 heteroatoms. The highest BCUT2D eigenvalue weighted by Gasteiger charge is 2.33. The van der Waals surface area contributed by atoms with E-state index in [1.807, 2.05) is 18.2 Å². The molecule has 27 heavy (non-hydrogen) atoms. The zero-order valence-corrected chi connectivity index (χ0v) is 15.1. The number of aliphatic carboxylic acids is 1. The second-order valence-corrected chi connectivity index (χ2v) is 5.60. The number of hydrogen-bond acceptors (Lipinski definition) is 8. The molecule has 0 aliphatic carbocycles. The zero-order valence-electron chi connectivity index (χ0n) is 15.1. The molecule has 0 saturated carbocycles. The van der Waals surface area contributed by atoms with E-state index in [9.17, 15) is 9.59 Å². The van der Waals surface area contributed by atoms with Crippen molar-refractivity contribution in [1.82, 2.24) is 5.32 Å². The fraction of sp³-hybridized carbons (Fsp3) is 0.706. The second kappa shape index (κ2) is 15.5. The molecule has 0 aromatic rings. The predicted molar refractivity (Wildman–Crippen MR) is 90.9 cm³/mol. The standard InChI is InChI=1S/C17H24N4O6/c18-6-1-9-25-12-17(13-26-10-2-7-19,14-27-11-3-8-20)21-15(22)4-5-16(23)24/h1-5,9-14H2,(H,21,22)(H,23,24). The minimum Gasteiger partial charge on any atom is -0.481 e. The SMILES string of the molecule is N#CCCOCC(COCCC#N)(COCCC#N)NC(=O)CCC(=O)O. The Kier molecular flexibility index (Phi) is 14.0. The van der Waals surface area contributed by atoms with Gasteiger partial charge in [-0.05, 0) is 0 Å². The summed E-state index contributed by atoms with van der Waals surface area (Å²) in [5.74, 6) is -1.62. The average Bonchev–Trinajstić information content (AvgIpc) is 2.64. The van der Waals surface area contributed by atoms with E-state index in [2.05, 4.69) is 5.32 Å². The number of nitriles is 3. The summed E-state index contributed by atoms with van der Waals surface area (Å²) < 4.78 is 16.3. The van der Waals surface area contributed by atoms with Crippen LogP contribution in [-0.2, 0) is 23.8 Å². The molecule has 0 rings (SSSR count). The number of carbonyl (C=O) groups excluding carboxylic acids is 1. The van der Waals surface area contributed by atoms with Crippen molar-refractivity contribution in [1.29, 1.82) is 15.8 Å². The van der Waals surface area contributed by atoms with Crippen LogP contribution in [0.5, 0.6) is 0 Å². The Labute approximate surface area is 158 Å². The summed E-state index contributed by atoms with van der Waals surface area (Å²) >= 11 is 0. The minimum absolute atomic E-state index is 0.0351. The van der Waals surface area contributed by atoms with E-state index < -0.39 is 17.4 Å². The maximum absolute atomic E-state index is 12.1. The van der Waals surface area contributed by atoms with Crippen molar-refractivity contribution < 1.29 is 28.9 Å². The van der Waals surface area contributed by atoms with Gasteiger partial charge in [0.1, 0.15) is 5.54 Å². The first-order chi connectivity index (χ1) is 13.0. The number of nitrogens with one attached hydrogen (secondary N) is 1. The van der Waals surface area contributed by atoms with E-state index in [0.29, 0.717) is 0 Å². The monoisotopic (exact) mass is 380 g/mol. The maximum atomic E-state index is 12.1. The van der Waals surface area contributed by atoms with Gasteiger partial charge in [-0.25, -0.2) is 0 Å². The van der Waals surface area contributed by atoms with Crippen LogP contribution in [0, 0.1) is 34.0 Å². The number of amides is 1. The van der Waals surface area contributed by atoms with Gasteiger partial charge in [0, 0.05) is 6.42 Å². The number of hydrogen-bond donors (Lipinski definition) is 2. The van der Waals surface area contributed by atoms with Crippen molar-refractivity contribution in [2.24, 2.45) is 0 Å². The second-order valence-electron chi connectivity index (χ2n) is 5.60. The fourth-order valence-electron chi connectivity index (χ4n) is 1.97. The number of carbonyl (C=O) groups is 2. The van der Waals surface area contributed by atoms with Crippen LogP contribution in [0.3, 0.4) is 0 Å². The van der Waals surface area contributed by atoms with E-state index in [-0.39, 0.29) is 71.7 Å². The molecular formula is C17H24N4O6. The number of ether oxygens (including phenoxy) is 3. The number of rotatable bonds is 16. The van der Waals surface area contributed by atoms with Gasteiger partial charge in [-0.2, -0.15) is 15.8 Å². The average molecular weight is 380 g/mol. The van der Waals surface area contributed by atoms with Crippen LogP contribution < -0.4 is 5.32 Å². The highest BCUT2D eigenvalue weighted by Crippen LogP contribution is 2.11. The van der Waals surface area contributed by atoms with Crippen molar-refractivity contribution in [3.8, 4) is 18.2 Å². The van der Waals surface area contributed by atoms with Gasteiger partial charge < -0.3 is 24.6 Å². The summed E-state index contributed by atoms with van der Waals surface area (Å²) in [5.41, 5.74) is -1.13. The lowest BCUT2D eigenvalue weighted by Gasteiger charge is -2.34. The summed E-state index contributed by atoms with van der Waals surface area (Å²) in [6.45, 7) is 0.310. The molecule has 0 aromatic heterocycles. The molecule has 0 bridgehead atoms. The Morgan fingerprint density at radius 3 is 1.56 bits per heavy atom. The molecule has 0 heterocycles. The van der Waals surface area contributed by atoms with Crippen molar-refractivity contribution >= 4 is 11.9 Å². The van der Waals surface area contributed by atoms with Crippen LogP contribution in [0.15, 0.2) is 0 Å². The normalized spacial score (nSPS) is 10.4. The molecule has 0 aliphatic rings. The molecule has 0 aliphatic heterocycles. The Bertz CT molecular complexity index is 520. The highest BCUT2D eigenvalue weighted by atomic mass is 16.5. The third kappa shape index (κ3) is 13.2. The third-order valence-corrected chi connectivity index (χ3v) is 3.18. The molecule has 0 atom stereocenters. The molecule has 0 fully saturated rings. The van der Waals surface area contributed by atoms with Crippen molar-refractivity contribution in [2.45, 2.75) is 37.6 Å².